The quantitative estimate of drug-likeness (QED) is 0.727. The maximum absolute atomic E-state index is 12.3. The zero-order valence-electron chi connectivity index (χ0n) is 16.7. The van der Waals surface area contributed by atoms with E-state index in [4.69, 9.17) is 0 Å². The number of hydrogen-bond donors (Lipinski definition) is 0. The summed E-state index contributed by atoms with van der Waals surface area (Å²) in [5.74, 6) is 0.293. The van der Waals surface area contributed by atoms with Gasteiger partial charge in [-0.25, -0.2) is 0 Å². The highest BCUT2D eigenvalue weighted by molar-refractivity contribution is 5.87. The third-order valence-electron chi connectivity index (χ3n) is 6.84. The summed E-state index contributed by atoms with van der Waals surface area (Å²) in [7, 11) is 0. The first-order chi connectivity index (χ1) is 13.2. The number of benzene rings is 1. The van der Waals surface area contributed by atoms with Crippen molar-refractivity contribution in [1.82, 2.24) is 4.90 Å². The number of fused-ring (bicyclic) bond motifs is 1. The van der Waals surface area contributed by atoms with Gasteiger partial charge in [0.2, 0.25) is 0 Å². The lowest BCUT2D eigenvalue weighted by Crippen LogP contribution is -2.48. The van der Waals surface area contributed by atoms with E-state index in [-0.39, 0.29) is 0 Å². The molecule has 3 nitrogen and oxygen atoms in total. The van der Waals surface area contributed by atoms with Crippen LogP contribution < -0.4 is 4.90 Å². The number of likely N-dealkylation sites (tertiary alicyclic amines) is 1. The number of Topliss-reactive ketones (excluding diaryl/α,β-unsaturated/α-hetero) is 1. The first-order valence-corrected chi connectivity index (χ1v) is 11.0. The number of para-hydroxylation sites is 1. The molecular weight excluding hydrogens is 332 g/mol. The third-order valence-corrected chi connectivity index (χ3v) is 6.84. The molecule has 0 atom stereocenters. The molecule has 1 saturated carbocycles. The van der Waals surface area contributed by atoms with Crippen LogP contribution in [-0.2, 0) is 11.2 Å². The monoisotopic (exact) mass is 366 g/mol. The van der Waals surface area contributed by atoms with Crippen molar-refractivity contribution >= 4 is 11.5 Å². The van der Waals surface area contributed by atoms with Gasteiger partial charge in [-0.2, -0.15) is 0 Å². The van der Waals surface area contributed by atoms with E-state index < -0.39 is 0 Å². The average molecular weight is 367 g/mol. The number of hydrogen-bond acceptors (Lipinski definition) is 3. The van der Waals surface area contributed by atoms with Crippen LogP contribution in [0.15, 0.2) is 36.5 Å². The van der Waals surface area contributed by atoms with Gasteiger partial charge in [0, 0.05) is 49.4 Å². The van der Waals surface area contributed by atoms with E-state index in [0.29, 0.717) is 24.7 Å². The summed E-state index contributed by atoms with van der Waals surface area (Å²) >= 11 is 0. The van der Waals surface area contributed by atoms with Crippen LogP contribution in [0.2, 0.25) is 0 Å². The van der Waals surface area contributed by atoms with Crippen LogP contribution in [0.4, 0.5) is 5.69 Å². The van der Waals surface area contributed by atoms with Crippen LogP contribution in [0.1, 0.15) is 69.8 Å². The first-order valence-electron chi connectivity index (χ1n) is 11.0. The molecule has 1 aromatic rings. The number of nitrogens with zero attached hydrogens (tertiary/aromatic N) is 2. The van der Waals surface area contributed by atoms with Gasteiger partial charge in [0.05, 0.1) is 0 Å². The molecule has 1 saturated heterocycles. The molecule has 0 aromatic heterocycles. The Balaban J connectivity index is 1.45. The topological polar surface area (TPSA) is 23.6 Å². The van der Waals surface area contributed by atoms with E-state index >= 15 is 0 Å². The second kappa shape index (κ2) is 8.60. The van der Waals surface area contributed by atoms with Crippen LogP contribution in [0, 0.1) is 0 Å². The molecule has 0 amide bonds. The predicted octanol–water partition coefficient (Wildman–Crippen LogP) is 5.10. The lowest BCUT2D eigenvalue weighted by Gasteiger charge is -2.43. The van der Waals surface area contributed by atoms with Gasteiger partial charge < -0.3 is 9.80 Å². The van der Waals surface area contributed by atoms with Crippen LogP contribution >= 0.6 is 0 Å². The van der Waals surface area contributed by atoms with Gasteiger partial charge in [0.25, 0.3) is 0 Å². The number of rotatable bonds is 2. The lowest BCUT2D eigenvalue weighted by atomic mass is 9.92. The van der Waals surface area contributed by atoms with Crippen LogP contribution in [0.5, 0.6) is 0 Å². The molecule has 2 fully saturated rings. The van der Waals surface area contributed by atoms with E-state index in [2.05, 4.69) is 40.6 Å². The van der Waals surface area contributed by atoms with Crippen molar-refractivity contribution in [3.05, 3.63) is 42.1 Å². The second-order valence-electron chi connectivity index (χ2n) is 8.72. The molecule has 0 unspecified atom stereocenters. The zero-order chi connectivity index (χ0) is 18.6. The maximum atomic E-state index is 12.3. The molecule has 0 bridgehead atoms. The Morgan fingerprint density at radius 2 is 1.48 bits per heavy atom. The summed E-state index contributed by atoms with van der Waals surface area (Å²) in [6, 6.07) is 9.72. The maximum Gasteiger partial charge on any atom is 0.143 e. The summed E-state index contributed by atoms with van der Waals surface area (Å²) < 4.78 is 0. The van der Waals surface area contributed by atoms with Crippen molar-refractivity contribution in [2.75, 3.05) is 18.0 Å². The van der Waals surface area contributed by atoms with Gasteiger partial charge in [0.1, 0.15) is 5.78 Å². The minimum Gasteiger partial charge on any atom is -0.342 e. The number of anilines is 1. The molecule has 0 radical (unpaired) electrons. The Labute approximate surface area is 164 Å². The van der Waals surface area contributed by atoms with E-state index in [0.717, 1.165) is 11.7 Å². The van der Waals surface area contributed by atoms with Gasteiger partial charge in [-0.15, -0.1) is 0 Å². The molecule has 1 aromatic carbocycles. The molecule has 146 valence electrons. The standard InChI is InChI=1S/C24H34N2O/c1-19-17-23(27)18-20-9-7-8-12-24(20)26(19)22-13-15-25(16-14-22)21-10-5-3-2-4-6-11-21/h7-9,12,21-22H,1-6,10-11,13-18H2. The fourth-order valence-electron chi connectivity index (χ4n) is 5.42. The fraction of sp³-hybridized carbons (Fsp3) is 0.625. The van der Waals surface area contributed by atoms with E-state index in [1.54, 1.807) is 0 Å². The van der Waals surface area contributed by atoms with Gasteiger partial charge in [-0.1, -0.05) is 56.9 Å². The van der Waals surface area contributed by atoms with Crippen molar-refractivity contribution < 1.29 is 4.79 Å². The Kier molecular flexibility index (Phi) is 5.97. The minimum absolute atomic E-state index is 0.293. The Hall–Kier alpha value is -1.61. The molecule has 2 aliphatic heterocycles. The second-order valence-corrected chi connectivity index (χ2v) is 8.72. The van der Waals surface area contributed by atoms with Crippen LogP contribution in [0.25, 0.3) is 0 Å². The summed E-state index contributed by atoms with van der Waals surface area (Å²) in [5.41, 5.74) is 3.38. The molecule has 0 spiro atoms. The fourth-order valence-corrected chi connectivity index (χ4v) is 5.42. The normalized spacial score (nSPS) is 24.2. The Morgan fingerprint density at radius 1 is 0.815 bits per heavy atom. The Morgan fingerprint density at radius 3 is 2.22 bits per heavy atom. The summed E-state index contributed by atoms with van der Waals surface area (Å²) in [6.07, 6.45) is 13.3. The molecular formula is C24H34N2O. The molecule has 2 heterocycles. The molecule has 4 rings (SSSR count). The minimum atomic E-state index is 0.293. The predicted molar refractivity (Wildman–Crippen MR) is 112 cm³/mol. The first kappa shape index (κ1) is 18.7. The van der Waals surface area contributed by atoms with E-state index in [1.165, 1.54) is 82.1 Å². The SMILES string of the molecule is C=C1CC(=O)Cc2ccccc2N1C1CCN(C2CCCCCCC2)CC1. The number of ketones is 1. The lowest BCUT2D eigenvalue weighted by molar-refractivity contribution is -0.117. The smallest absolute Gasteiger partial charge is 0.143 e. The summed E-state index contributed by atoms with van der Waals surface area (Å²) in [4.78, 5) is 17.5. The van der Waals surface area contributed by atoms with Gasteiger partial charge >= 0.3 is 0 Å². The molecule has 3 aliphatic rings. The highest BCUT2D eigenvalue weighted by Crippen LogP contribution is 2.35. The number of piperidine rings is 1. The van der Waals surface area contributed by atoms with Crippen LogP contribution in [0.3, 0.4) is 0 Å². The third kappa shape index (κ3) is 4.29. The number of carbonyl (C=O) groups excluding carboxylic acids is 1. The summed E-state index contributed by atoms with van der Waals surface area (Å²) in [6.45, 7) is 6.68. The highest BCUT2D eigenvalue weighted by Gasteiger charge is 2.32. The van der Waals surface area contributed by atoms with Crippen LogP contribution in [-0.4, -0.2) is 35.9 Å². The Bertz CT molecular complexity index is 667. The van der Waals surface area contributed by atoms with Crippen molar-refractivity contribution in [3.8, 4) is 0 Å². The van der Waals surface area contributed by atoms with Crippen molar-refractivity contribution in [3.63, 3.8) is 0 Å². The van der Waals surface area contributed by atoms with E-state index in [9.17, 15) is 4.79 Å². The largest absolute Gasteiger partial charge is 0.342 e. The van der Waals surface area contributed by atoms with Crippen molar-refractivity contribution in [2.24, 2.45) is 0 Å². The van der Waals surface area contributed by atoms with Gasteiger partial charge in [0.15, 0.2) is 0 Å². The van der Waals surface area contributed by atoms with Crippen molar-refractivity contribution in [2.45, 2.75) is 82.7 Å². The van der Waals surface area contributed by atoms with E-state index in [1.807, 2.05) is 0 Å². The van der Waals surface area contributed by atoms with Gasteiger partial charge in [-0.05, 0) is 37.3 Å². The van der Waals surface area contributed by atoms with Crippen molar-refractivity contribution in [1.29, 1.82) is 0 Å². The summed E-state index contributed by atoms with van der Waals surface area (Å²) in [5, 5.41) is 0. The average Bonchev–Trinajstić information content (AvgIpc) is 2.76. The number of allylic oxidation sites excluding steroid dienone is 1. The van der Waals surface area contributed by atoms with Gasteiger partial charge in [-0.3, -0.25) is 4.79 Å². The highest BCUT2D eigenvalue weighted by atomic mass is 16.1. The zero-order valence-corrected chi connectivity index (χ0v) is 16.7. The molecule has 1 aliphatic carbocycles. The number of carbonyl (C=O) groups is 1. The molecule has 0 N–H and O–H groups in total. The molecule has 3 heteroatoms. The molecule has 27 heavy (non-hydrogen) atoms.